The third-order valence-corrected chi connectivity index (χ3v) is 8.22. The van der Waals surface area contributed by atoms with Crippen LogP contribution in [0.15, 0.2) is 47.4 Å². The number of nitrogens with one attached hydrogen (secondary N) is 1. The summed E-state index contributed by atoms with van der Waals surface area (Å²) < 4.78 is 33.4. The Kier molecular flexibility index (Phi) is 5.50. The monoisotopic (exact) mass is 457 g/mol. The van der Waals surface area contributed by atoms with Crippen molar-refractivity contribution in [2.45, 2.75) is 43.0 Å². The molecule has 8 nitrogen and oxygen atoms in total. The summed E-state index contributed by atoms with van der Waals surface area (Å²) in [5, 5.41) is 2.80. The van der Waals surface area contributed by atoms with Gasteiger partial charge in [-0.15, -0.1) is 0 Å². The molecule has 2 aromatic carbocycles. The van der Waals surface area contributed by atoms with Crippen molar-refractivity contribution in [3.63, 3.8) is 0 Å². The van der Waals surface area contributed by atoms with E-state index in [2.05, 4.69) is 5.32 Å². The van der Waals surface area contributed by atoms with E-state index < -0.39 is 21.5 Å². The van der Waals surface area contributed by atoms with Crippen LogP contribution in [0.3, 0.4) is 0 Å². The lowest BCUT2D eigenvalue weighted by molar-refractivity contribution is -0.122. The molecule has 2 aliphatic heterocycles. The molecular formula is C23H27N3O5S. The number of hydrogen-bond acceptors (Lipinski definition) is 5. The summed E-state index contributed by atoms with van der Waals surface area (Å²) in [6.07, 6.45) is 1.04. The number of hydrogen-bond donors (Lipinski definition) is 1. The molecule has 170 valence electrons. The lowest BCUT2D eigenvalue weighted by Gasteiger charge is -2.24. The molecule has 1 saturated heterocycles. The maximum absolute atomic E-state index is 13.5. The second-order valence-corrected chi connectivity index (χ2v) is 10.6. The molecule has 1 fully saturated rings. The summed E-state index contributed by atoms with van der Waals surface area (Å²) in [5.41, 5.74) is 1.13. The van der Waals surface area contributed by atoms with Gasteiger partial charge in [-0.1, -0.05) is 0 Å². The zero-order valence-corrected chi connectivity index (χ0v) is 19.4. The number of ether oxygens (including phenoxy) is 1. The average Bonchev–Trinajstić information content (AvgIpc) is 3.34. The van der Waals surface area contributed by atoms with E-state index >= 15 is 0 Å². The van der Waals surface area contributed by atoms with Crippen molar-refractivity contribution in [2.75, 3.05) is 30.9 Å². The van der Waals surface area contributed by atoms with Gasteiger partial charge in [0.25, 0.3) is 0 Å². The topological polar surface area (TPSA) is 96.0 Å². The van der Waals surface area contributed by atoms with Crippen LogP contribution in [0.1, 0.15) is 32.3 Å². The molecular weight excluding hydrogens is 430 g/mol. The lowest BCUT2D eigenvalue weighted by atomic mass is 9.86. The van der Waals surface area contributed by atoms with Crippen molar-refractivity contribution < 1.29 is 22.7 Å². The number of benzene rings is 2. The van der Waals surface area contributed by atoms with E-state index in [0.717, 1.165) is 0 Å². The fourth-order valence-corrected chi connectivity index (χ4v) is 6.12. The predicted molar refractivity (Wildman–Crippen MR) is 121 cm³/mol. The molecule has 0 saturated carbocycles. The van der Waals surface area contributed by atoms with Crippen LogP contribution in [0.2, 0.25) is 0 Å². The van der Waals surface area contributed by atoms with Crippen molar-refractivity contribution >= 4 is 33.2 Å². The van der Waals surface area contributed by atoms with Crippen LogP contribution in [0.5, 0.6) is 5.75 Å². The van der Waals surface area contributed by atoms with E-state index in [4.69, 9.17) is 4.74 Å². The average molecular weight is 458 g/mol. The van der Waals surface area contributed by atoms with E-state index in [-0.39, 0.29) is 23.3 Å². The van der Waals surface area contributed by atoms with Crippen LogP contribution >= 0.6 is 0 Å². The molecule has 1 N–H and O–H groups in total. The van der Waals surface area contributed by atoms with E-state index in [0.29, 0.717) is 35.5 Å². The van der Waals surface area contributed by atoms with Crippen LogP contribution in [0.25, 0.3) is 0 Å². The van der Waals surface area contributed by atoms with Gasteiger partial charge in [-0.2, -0.15) is 4.31 Å². The van der Waals surface area contributed by atoms with Gasteiger partial charge in [0, 0.05) is 25.0 Å². The van der Waals surface area contributed by atoms with Crippen LogP contribution < -0.4 is 15.0 Å². The second-order valence-electron chi connectivity index (χ2n) is 8.66. The van der Waals surface area contributed by atoms with Gasteiger partial charge in [-0.25, -0.2) is 8.42 Å². The minimum Gasteiger partial charge on any atom is -0.497 e. The highest BCUT2D eigenvalue weighted by molar-refractivity contribution is 7.89. The van der Waals surface area contributed by atoms with Gasteiger partial charge >= 0.3 is 0 Å². The number of carbonyl (C=O) groups excluding carboxylic acids is 2. The number of anilines is 2. The number of amides is 2. The molecule has 0 bridgehead atoms. The third kappa shape index (κ3) is 3.55. The largest absolute Gasteiger partial charge is 0.497 e. The number of methoxy groups -OCH3 is 1. The van der Waals surface area contributed by atoms with E-state index in [1.807, 2.05) is 0 Å². The van der Waals surface area contributed by atoms with Crippen molar-refractivity contribution in [3.05, 3.63) is 48.0 Å². The molecule has 0 aliphatic carbocycles. The highest BCUT2D eigenvalue weighted by atomic mass is 32.2. The SMILES string of the molecule is COc1ccc(NC(=O)[C@@H]2CCCN2S(=O)(=O)c2ccc3c(c2)C(C)(C)C(=O)N3C)cc1. The Balaban J connectivity index is 1.60. The maximum atomic E-state index is 13.5. The van der Waals surface area contributed by atoms with Gasteiger partial charge in [0.15, 0.2) is 0 Å². The maximum Gasteiger partial charge on any atom is 0.243 e. The Morgan fingerprint density at radius 1 is 1.16 bits per heavy atom. The fourth-order valence-electron chi connectivity index (χ4n) is 4.44. The fraction of sp³-hybridized carbons (Fsp3) is 0.391. The molecule has 0 unspecified atom stereocenters. The number of rotatable bonds is 5. The summed E-state index contributed by atoms with van der Waals surface area (Å²) in [6.45, 7) is 3.84. The Labute approximate surface area is 188 Å². The molecule has 2 amide bonds. The Morgan fingerprint density at radius 2 is 1.84 bits per heavy atom. The molecule has 0 aromatic heterocycles. The van der Waals surface area contributed by atoms with Crippen LogP contribution in [0.4, 0.5) is 11.4 Å². The van der Waals surface area contributed by atoms with Gasteiger partial charge in [-0.05, 0) is 74.7 Å². The zero-order chi connectivity index (χ0) is 23.3. The summed E-state index contributed by atoms with van der Waals surface area (Å²) in [5.74, 6) is 0.212. The standard InChI is InChI=1S/C23H27N3O5S/c1-23(2)18-14-17(11-12-19(18)25(3)22(23)28)32(29,30)26-13-5-6-20(26)21(27)24-15-7-9-16(31-4)10-8-15/h7-12,14,20H,5-6,13H2,1-4H3,(H,24,27)/t20-/m0/s1. The first-order valence-corrected chi connectivity index (χ1v) is 11.9. The summed E-state index contributed by atoms with van der Waals surface area (Å²) in [7, 11) is -0.677. The first-order chi connectivity index (χ1) is 15.1. The molecule has 2 heterocycles. The zero-order valence-electron chi connectivity index (χ0n) is 18.6. The molecule has 2 aliphatic rings. The molecule has 4 rings (SSSR count). The number of sulfonamides is 1. The quantitative estimate of drug-likeness (QED) is 0.745. The van der Waals surface area contributed by atoms with Crippen molar-refractivity contribution in [1.29, 1.82) is 0 Å². The predicted octanol–water partition coefficient (Wildman–Crippen LogP) is 2.74. The molecule has 0 radical (unpaired) electrons. The van der Waals surface area contributed by atoms with Crippen LogP contribution in [0, 0.1) is 0 Å². The summed E-state index contributed by atoms with van der Waals surface area (Å²) in [6, 6.07) is 10.8. The van der Waals surface area contributed by atoms with Gasteiger partial charge in [-0.3, -0.25) is 9.59 Å². The van der Waals surface area contributed by atoms with Crippen molar-refractivity contribution in [2.24, 2.45) is 0 Å². The first kappa shape index (κ1) is 22.3. The Morgan fingerprint density at radius 3 is 2.50 bits per heavy atom. The number of likely N-dealkylation sites (N-methyl/N-ethyl adjacent to an activating group) is 1. The number of carbonyl (C=O) groups is 2. The van der Waals surface area contributed by atoms with Crippen LogP contribution in [-0.4, -0.2) is 51.3 Å². The summed E-state index contributed by atoms with van der Waals surface area (Å²) in [4.78, 5) is 27.1. The third-order valence-electron chi connectivity index (χ3n) is 6.31. The van der Waals surface area contributed by atoms with E-state index in [1.165, 1.54) is 10.4 Å². The molecule has 32 heavy (non-hydrogen) atoms. The normalized spacial score (nSPS) is 20.3. The number of nitrogens with zero attached hydrogens (tertiary/aromatic N) is 2. The van der Waals surface area contributed by atoms with E-state index in [9.17, 15) is 18.0 Å². The minimum atomic E-state index is -3.92. The second kappa shape index (κ2) is 7.90. The van der Waals surface area contributed by atoms with Gasteiger partial charge in [0.1, 0.15) is 11.8 Å². The molecule has 0 spiro atoms. The molecule has 2 aromatic rings. The van der Waals surface area contributed by atoms with Crippen LogP contribution in [-0.2, 0) is 25.0 Å². The lowest BCUT2D eigenvalue weighted by Crippen LogP contribution is -2.43. The van der Waals surface area contributed by atoms with Gasteiger partial charge in [0.05, 0.1) is 17.4 Å². The molecule has 9 heteroatoms. The Hall–Kier alpha value is -2.91. The highest BCUT2D eigenvalue weighted by Crippen LogP contribution is 2.42. The van der Waals surface area contributed by atoms with Crippen molar-refractivity contribution in [3.8, 4) is 5.75 Å². The smallest absolute Gasteiger partial charge is 0.243 e. The highest BCUT2D eigenvalue weighted by Gasteiger charge is 2.44. The van der Waals surface area contributed by atoms with Gasteiger partial charge < -0.3 is 15.0 Å². The van der Waals surface area contributed by atoms with Gasteiger partial charge in [0.2, 0.25) is 21.8 Å². The van der Waals surface area contributed by atoms with Crippen molar-refractivity contribution in [1.82, 2.24) is 4.31 Å². The summed E-state index contributed by atoms with van der Waals surface area (Å²) >= 11 is 0. The first-order valence-electron chi connectivity index (χ1n) is 10.5. The Bertz CT molecular complexity index is 1170. The number of fused-ring (bicyclic) bond motifs is 1. The molecule has 1 atom stereocenters. The van der Waals surface area contributed by atoms with E-state index in [1.54, 1.807) is 69.3 Å². The minimum absolute atomic E-state index is 0.0834.